The fraction of sp³-hybridized carbons (Fsp3) is 0.417. The molecule has 1 aromatic carbocycles. The number of imide groups is 1. The molecular weight excluding hydrogens is 406 g/mol. The second kappa shape index (κ2) is 10.4. The van der Waals surface area contributed by atoms with Crippen LogP contribution in [-0.2, 0) is 22.6 Å². The van der Waals surface area contributed by atoms with Crippen LogP contribution >= 0.6 is 0 Å². The average molecular weight is 436 g/mol. The van der Waals surface area contributed by atoms with Crippen LogP contribution in [0.2, 0.25) is 0 Å². The molecule has 32 heavy (non-hydrogen) atoms. The van der Waals surface area contributed by atoms with Crippen molar-refractivity contribution in [1.29, 1.82) is 0 Å². The molecule has 8 heteroatoms. The van der Waals surface area contributed by atoms with Crippen LogP contribution in [-0.4, -0.2) is 76.3 Å². The predicted octanol–water partition coefficient (Wildman–Crippen LogP) is 1.67. The number of carbonyl (C=O) groups excluding carboxylic acids is 3. The number of nitrogens with zero attached hydrogens (tertiary/aromatic N) is 4. The molecule has 0 saturated carbocycles. The van der Waals surface area contributed by atoms with Crippen molar-refractivity contribution in [3.05, 3.63) is 66.0 Å². The number of amides is 4. The Hall–Kier alpha value is -3.26. The SMILES string of the molecule is O=C(CC[C@H]1NC(=O)N(Cc2ccccc2)C1=O)N1CCN(CCc2ccccn2)CC1. The topological polar surface area (TPSA) is 85.8 Å². The molecule has 4 rings (SSSR count). The number of rotatable bonds is 8. The highest BCUT2D eigenvalue weighted by molar-refractivity contribution is 6.04. The van der Waals surface area contributed by atoms with E-state index in [1.54, 1.807) is 0 Å². The van der Waals surface area contributed by atoms with E-state index >= 15 is 0 Å². The fourth-order valence-corrected chi connectivity index (χ4v) is 4.15. The standard InChI is InChI=1S/C24H29N5O3/c30-22(28-16-14-27(15-17-28)13-11-20-8-4-5-12-25-20)10-9-21-23(31)29(24(32)26-21)18-19-6-2-1-3-7-19/h1-8,12,21H,9-11,13-18H2,(H,26,32)/t21-/m1/s1. The van der Waals surface area contributed by atoms with Crippen molar-refractivity contribution in [3.63, 3.8) is 0 Å². The monoisotopic (exact) mass is 435 g/mol. The summed E-state index contributed by atoms with van der Waals surface area (Å²) in [6.07, 6.45) is 3.29. The number of hydrogen-bond acceptors (Lipinski definition) is 5. The molecule has 1 N–H and O–H groups in total. The number of carbonyl (C=O) groups is 3. The van der Waals surface area contributed by atoms with Gasteiger partial charge in [0.1, 0.15) is 6.04 Å². The van der Waals surface area contributed by atoms with Gasteiger partial charge in [0.25, 0.3) is 5.91 Å². The molecule has 0 aliphatic carbocycles. The van der Waals surface area contributed by atoms with E-state index in [0.29, 0.717) is 19.5 Å². The third kappa shape index (κ3) is 5.50. The van der Waals surface area contributed by atoms with Crippen molar-refractivity contribution >= 4 is 17.8 Å². The van der Waals surface area contributed by atoms with Gasteiger partial charge in [0.05, 0.1) is 6.54 Å². The average Bonchev–Trinajstić information content (AvgIpc) is 3.10. The molecule has 1 aromatic heterocycles. The van der Waals surface area contributed by atoms with Gasteiger partial charge in [-0.1, -0.05) is 36.4 Å². The number of hydrogen-bond donors (Lipinski definition) is 1. The van der Waals surface area contributed by atoms with Crippen LogP contribution in [0.4, 0.5) is 4.79 Å². The first kappa shape index (κ1) is 22.0. The van der Waals surface area contributed by atoms with Crippen LogP contribution in [0, 0.1) is 0 Å². The number of piperazine rings is 1. The largest absolute Gasteiger partial charge is 0.340 e. The highest BCUT2D eigenvalue weighted by Gasteiger charge is 2.38. The zero-order valence-electron chi connectivity index (χ0n) is 18.2. The van der Waals surface area contributed by atoms with E-state index in [-0.39, 0.29) is 24.8 Å². The zero-order valence-corrected chi connectivity index (χ0v) is 18.2. The van der Waals surface area contributed by atoms with Crippen LogP contribution in [0.1, 0.15) is 24.1 Å². The Morgan fingerprint density at radius 2 is 1.75 bits per heavy atom. The molecule has 168 valence electrons. The maximum atomic E-state index is 12.7. The summed E-state index contributed by atoms with van der Waals surface area (Å²) in [5.74, 6) is -0.219. The Kier molecular flexibility index (Phi) is 7.11. The van der Waals surface area contributed by atoms with E-state index in [1.807, 2.05) is 59.6 Å². The van der Waals surface area contributed by atoms with Gasteiger partial charge in [0, 0.05) is 57.5 Å². The van der Waals surface area contributed by atoms with Crippen LogP contribution < -0.4 is 5.32 Å². The van der Waals surface area contributed by atoms with Crippen LogP contribution in [0.25, 0.3) is 0 Å². The van der Waals surface area contributed by atoms with Gasteiger partial charge in [-0.2, -0.15) is 0 Å². The van der Waals surface area contributed by atoms with Crippen LogP contribution in [0.3, 0.4) is 0 Å². The van der Waals surface area contributed by atoms with E-state index in [2.05, 4.69) is 15.2 Å². The number of aromatic nitrogens is 1. The fourth-order valence-electron chi connectivity index (χ4n) is 4.15. The van der Waals surface area contributed by atoms with Gasteiger partial charge >= 0.3 is 6.03 Å². The molecule has 2 aliphatic heterocycles. The molecule has 2 aliphatic rings. The minimum absolute atomic E-state index is 0.0398. The molecule has 0 bridgehead atoms. The molecule has 0 spiro atoms. The lowest BCUT2D eigenvalue weighted by Gasteiger charge is -2.34. The number of benzene rings is 1. The first-order chi connectivity index (χ1) is 15.6. The van der Waals surface area contributed by atoms with E-state index in [9.17, 15) is 14.4 Å². The Balaban J connectivity index is 1.19. The highest BCUT2D eigenvalue weighted by atomic mass is 16.2. The van der Waals surface area contributed by atoms with E-state index in [1.165, 1.54) is 4.90 Å². The van der Waals surface area contributed by atoms with Crippen LogP contribution in [0.5, 0.6) is 0 Å². The van der Waals surface area contributed by atoms with E-state index in [0.717, 1.165) is 37.3 Å². The second-order valence-corrected chi connectivity index (χ2v) is 8.24. The van der Waals surface area contributed by atoms with E-state index < -0.39 is 12.1 Å². The van der Waals surface area contributed by atoms with Gasteiger partial charge in [-0.3, -0.25) is 24.4 Å². The summed E-state index contributed by atoms with van der Waals surface area (Å²) in [6, 6.07) is 14.3. The first-order valence-corrected chi connectivity index (χ1v) is 11.2. The molecule has 8 nitrogen and oxygen atoms in total. The quantitative estimate of drug-likeness (QED) is 0.638. The Labute approximate surface area is 188 Å². The Morgan fingerprint density at radius 3 is 2.47 bits per heavy atom. The molecular formula is C24H29N5O3. The smallest absolute Gasteiger partial charge is 0.325 e. The van der Waals surface area contributed by atoms with Gasteiger partial charge in [0.15, 0.2) is 0 Å². The maximum absolute atomic E-state index is 12.7. The molecule has 2 fully saturated rings. The number of urea groups is 1. The van der Waals surface area contributed by atoms with E-state index in [4.69, 9.17) is 0 Å². The molecule has 1 atom stereocenters. The van der Waals surface area contributed by atoms with Crippen molar-refractivity contribution in [2.45, 2.75) is 31.8 Å². The van der Waals surface area contributed by atoms with Crippen molar-refractivity contribution in [3.8, 4) is 0 Å². The summed E-state index contributed by atoms with van der Waals surface area (Å²) in [6.45, 7) is 4.22. The second-order valence-electron chi connectivity index (χ2n) is 8.24. The summed E-state index contributed by atoms with van der Waals surface area (Å²) in [4.78, 5) is 47.3. The molecule has 0 unspecified atom stereocenters. The summed E-state index contributed by atoms with van der Waals surface area (Å²) in [5, 5.41) is 2.72. The highest BCUT2D eigenvalue weighted by Crippen LogP contribution is 2.16. The van der Waals surface area contributed by atoms with Crippen molar-refractivity contribution in [1.82, 2.24) is 25.0 Å². The maximum Gasteiger partial charge on any atom is 0.325 e. The molecule has 4 amide bonds. The van der Waals surface area contributed by atoms with Gasteiger partial charge < -0.3 is 10.2 Å². The lowest BCUT2D eigenvalue weighted by atomic mass is 10.1. The third-order valence-electron chi connectivity index (χ3n) is 6.07. The minimum atomic E-state index is -0.630. The lowest BCUT2D eigenvalue weighted by Crippen LogP contribution is -2.49. The Morgan fingerprint density at radius 1 is 1.00 bits per heavy atom. The Bertz CT molecular complexity index is 929. The normalized spacial score (nSPS) is 19.3. The zero-order chi connectivity index (χ0) is 22.3. The molecule has 2 saturated heterocycles. The number of pyridine rings is 1. The summed E-state index contributed by atoms with van der Waals surface area (Å²) in [7, 11) is 0. The third-order valence-corrected chi connectivity index (χ3v) is 6.07. The molecule has 3 heterocycles. The molecule has 2 aromatic rings. The predicted molar refractivity (Wildman–Crippen MR) is 120 cm³/mol. The van der Waals surface area contributed by atoms with Gasteiger partial charge in [-0.25, -0.2) is 4.79 Å². The summed E-state index contributed by atoms with van der Waals surface area (Å²) >= 11 is 0. The summed E-state index contributed by atoms with van der Waals surface area (Å²) in [5.41, 5.74) is 1.98. The first-order valence-electron chi connectivity index (χ1n) is 11.2. The molecule has 0 radical (unpaired) electrons. The van der Waals surface area contributed by atoms with Gasteiger partial charge in [-0.15, -0.1) is 0 Å². The lowest BCUT2D eigenvalue weighted by molar-refractivity contribution is -0.133. The van der Waals surface area contributed by atoms with Gasteiger partial charge in [-0.05, 0) is 24.1 Å². The number of nitrogens with one attached hydrogen (secondary N) is 1. The van der Waals surface area contributed by atoms with Gasteiger partial charge in [0.2, 0.25) is 5.91 Å². The minimum Gasteiger partial charge on any atom is -0.340 e. The van der Waals surface area contributed by atoms with Crippen molar-refractivity contribution in [2.75, 3.05) is 32.7 Å². The van der Waals surface area contributed by atoms with Crippen LogP contribution in [0.15, 0.2) is 54.7 Å². The summed E-state index contributed by atoms with van der Waals surface area (Å²) < 4.78 is 0. The van der Waals surface area contributed by atoms with Crippen molar-refractivity contribution < 1.29 is 14.4 Å². The van der Waals surface area contributed by atoms with Crippen molar-refractivity contribution in [2.24, 2.45) is 0 Å².